The summed E-state index contributed by atoms with van der Waals surface area (Å²) < 4.78 is 0. The molecule has 4 rings (SSSR count). The minimum absolute atomic E-state index is 0.765. The van der Waals surface area contributed by atoms with Gasteiger partial charge in [-0.25, -0.2) is 9.97 Å². The number of rotatable bonds is 2. The Morgan fingerprint density at radius 3 is 1.29 bits per heavy atom. The summed E-state index contributed by atoms with van der Waals surface area (Å²) in [6, 6.07) is 20.0. The average Bonchev–Trinajstić information content (AvgIpc) is 2.63. The first kappa shape index (κ1) is 14.5. The van der Waals surface area contributed by atoms with Crippen molar-refractivity contribution in [1.82, 2.24) is 20.2 Å². The van der Waals surface area contributed by atoms with Gasteiger partial charge in [0.1, 0.15) is 22.4 Å². The van der Waals surface area contributed by atoms with Crippen LogP contribution in [0.1, 0.15) is 11.4 Å². The third-order valence-corrected chi connectivity index (χ3v) is 4.10. The summed E-state index contributed by atoms with van der Waals surface area (Å²) in [4.78, 5) is 9.55. The molecule has 0 amide bonds. The minimum atomic E-state index is 0.765. The van der Waals surface area contributed by atoms with Gasteiger partial charge < -0.3 is 0 Å². The molecule has 0 spiro atoms. The normalized spacial score (nSPS) is 10.9. The molecule has 4 nitrogen and oxygen atoms in total. The summed E-state index contributed by atoms with van der Waals surface area (Å²) >= 11 is 0. The quantitative estimate of drug-likeness (QED) is 0.551. The van der Waals surface area contributed by atoms with Crippen molar-refractivity contribution >= 4 is 11.0 Å². The van der Waals surface area contributed by atoms with Crippen molar-refractivity contribution in [2.24, 2.45) is 0 Å². The van der Waals surface area contributed by atoms with Crippen molar-refractivity contribution in [3.63, 3.8) is 0 Å². The van der Waals surface area contributed by atoms with Gasteiger partial charge in [0, 0.05) is 11.1 Å². The van der Waals surface area contributed by atoms with Crippen LogP contribution in [-0.4, -0.2) is 20.2 Å². The second kappa shape index (κ2) is 5.81. The summed E-state index contributed by atoms with van der Waals surface area (Å²) in [5.41, 5.74) is 6.91. The van der Waals surface area contributed by atoms with Crippen LogP contribution in [0.15, 0.2) is 60.7 Å². The second-order valence-electron chi connectivity index (χ2n) is 5.72. The van der Waals surface area contributed by atoms with Crippen LogP contribution in [0.2, 0.25) is 0 Å². The highest BCUT2D eigenvalue weighted by Crippen LogP contribution is 2.30. The highest BCUT2D eigenvalue weighted by atomic mass is 15.1. The molecule has 2 heterocycles. The van der Waals surface area contributed by atoms with Crippen molar-refractivity contribution in [2.45, 2.75) is 13.8 Å². The van der Waals surface area contributed by atoms with E-state index in [4.69, 9.17) is 9.97 Å². The first-order chi connectivity index (χ1) is 11.7. The van der Waals surface area contributed by atoms with Crippen molar-refractivity contribution in [3.05, 3.63) is 72.1 Å². The molecule has 0 aliphatic rings. The summed E-state index contributed by atoms with van der Waals surface area (Å²) in [6.45, 7) is 3.94. The van der Waals surface area contributed by atoms with E-state index in [1.807, 2.05) is 74.5 Å². The fourth-order valence-electron chi connectivity index (χ4n) is 2.71. The van der Waals surface area contributed by atoms with E-state index in [0.29, 0.717) is 0 Å². The fraction of sp³-hybridized carbons (Fsp3) is 0.100. The van der Waals surface area contributed by atoms with Gasteiger partial charge in [-0.2, -0.15) is 0 Å². The molecule has 0 aliphatic heterocycles. The van der Waals surface area contributed by atoms with E-state index < -0.39 is 0 Å². The van der Waals surface area contributed by atoms with E-state index in [2.05, 4.69) is 10.2 Å². The molecule has 0 unspecified atom stereocenters. The van der Waals surface area contributed by atoms with Crippen LogP contribution in [0.25, 0.3) is 33.5 Å². The molecule has 0 radical (unpaired) electrons. The van der Waals surface area contributed by atoms with Gasteiger partial charge in [0.25, 0.3) is 0 Å². The summed E-state index contributed by atoms with van der Waals surface area (Å²) in [7, 11) is 0. The Hall–Kier alpha value is -3.14. The zero-order chi connectivity index (χ0) is 16.5. The monoisotopic (exact) mass is 312 g/mol. The molecule has 0 atom stereocenters. The molecule has 0 aliphatic carbocycles. The molecule has 0 N–H and O–H groups in total. The lowest BCUT2D eigenvalue weighted by molar-refractivity contribution is 1.03. The first-order valence-corrected chi connectivity index (χ1v) is 7.86. The summed E-state index contributed by atoms with van der Waals surface area (Å²) in [5.74, 6) is 0. The maximum Gasteiger partial charge on any atom is 0.121 e. The van der Waals surface area contributed by atoms with Gasteiger partial charge in [0.15, 0.2) is 0 Å². The average molecular weight is 312 g/mol. The number of hydrogen-bond acceptors (Lipinski definition) is 4. The van der Waals surface area contributed by atoms with E-state index in [1.165, 1.54) is 0 Å². The highest BCUT2D eigenvalue weighted by Gasteiger charge is 2.16. The van der Waals surface area contributed by atoms with Crippen molar-refractivity contribution < 1.29 is 0 Å². The summed E-state index contributed by atoms with van der Waals surface area (Å²) in [5, 5.41) is 8.94. The lowest BCUT2D eigenvalue weighted by atomic mass is 10.1. The van der Waals surface area contributed by atoms with Gasteiger partial charge >= 0.3 is 0 Å². The largest absolute Gasteiger partial charge is 0.247 e. The van der Waals surface area contributed by atoms with E-state index in [-0.39, 0.29) is 0 Å². The van der Waals surface area contributed by atoms with E-state index in [1.54, 1.807) is 0 Å². The Morgan fingerprint density at radius 1 is 0.542 bits per heavy atom. The van der Waals surface area contributed by atoms with Gasteiger partial charge in [-0.1, -0.05) is 60.7 Å². The predicted molar refractivity (Wildman–Crippen MR) is 95.5 cm³/mol. The lowest BCUT2D eigenvalue weighted by Gasteiger charge is -2.10. The maximum atomic E-state index is 4.77. The van der Waals surface area contributed by atoms with Crippen molar-refractivity contribution in [2.75, 3.05) is 0 Å². The number of aromatic nitrogens is 4. The first-order valence-electron chi connectivity index (χ1n) is 7.86. The smallest absolute Gasteiger partial charge is 0.121 e. The van der Waals surface area contributed by atoms with Gasteiger partial charge in [0.05, 0.1) is 11.4 Å². The van der Waals surface area contributed by atoms with Crippen LogP contribution in [0.4, 0.5) is 0 Å². The van der Waals surface area contributed by atoms with Gasteiger partial charge in [0.2, 0.25) is 0 Å². The van der Waals surface area contributed by atoms with Crippen LogP contribution < -0.4 is 0 Å². The van der Waals surface area contributed by atoms with Crippen LogP contribution in [-0.2, 0) is 0 Å². The molecule has 2 aromatic heterocycles. The Bertz CT molecular complexity index is 928. The number of benzene rings is 2. The molecular formula is C20H16N4. The predicted octanol–water partition coefficient (Wildman–Crippen LogP) is 4.37. The van der Waals surface area contributed by atoms with Crippen LogP contribution in [0, 0.1) is 13.8 Å². The Kier molecular flexibility index (Phi) is 3.50. The Morgan fingerprint density at radius 2 is 0.917 bits per heavy atom. The zero-order valence-electron chi connectivity index (χ0n) is 13.6. The van der Waals surface area contributed by atoms with E-state index >= 15 is 0 Å². The molecular weight excluding hydrogens is 296 g/mol. The lowest BCUT2D eigenvalue weighted by Crippen LogP contribution is -2.01. The van der Waals surface area contributed by atoms with Gasteiger partial charge in [-0.3, -0.25) is 0 Å². The highest BCUT2D eigenvalue weighted by molar-refractivity contribution is 5.96. The summed E-state index contributed by atoms with van der Waals surface area (Å²) in [6.07, 6.45) is 0. The second-order valence-corrected chi connectivity index (χ2v) is 5.72. The molecule has 0 fully saturated rings. The number of aryl methyl sites for hydroxylation is 2. The third kappa shape index (κ3) is 2.42. The molecule has 2 aromatic carbocycles. The Labute approximate surface area is 140 Å². The van der Waals surface area contributed by atoms with Gasteiger partial charge in [-0.05, 0) is 13.8 Å². The number of hydrogen-bond donors (Lipinski definition) is 0. The van der Waals surface area contributed by atoms with Gasteiger partial charge in [-0.15, -0.1) is 10.2 Å². The van der Waals surface area contributed by atoms with Crippen LogP contribution >= 0.6 is 0 Å². The third-order valence-electron chi connectivity index (χ3n) is 4.10. The van der Waals surface area contributed by atoms with E-state index in [9.17, 15) is 0 Å². The molecule has 24 heavy (non-hydrogen) atoms. The molecule has 0 bridgehead atoms. The molecule has 116 valence electrons. The fourth-order valence-corrected chi connectivity index (χ4v) is 2.71. The number of fused-ring (bicyclic) bond motifs is 1. The standard InChI is InChI=1S/C20H16N4/c1-13-14(2)22-20-18(16-11-7-4-8-12-16)24-23-17(19(20)21-13)15-9-5-3-6-10-15/h3-12H,1-2H3. The SMILES string of the molecule is Cc1nc2c(-c3ccccc3)nnc(-c3ccccc3)c2nc1C. The van der Waals surface area contributed by atoms with Crippen LogP contribution in [0.5, 0.6) is 0 Å². The maximum absolute atomic E-state index is 4.77. The molecule has 0 saturated heterocycles. The van der Waals surface area contributed by atoms with E-state index in [0.717, 1.165) is 44.9 Å². The molecule has 4 heteroatoms. The molecule has 0 saturated carbocycles. The minimum Gasteiger partial charge on any atom is -0.247 e. The van der Waals surface area contributed by atoms with Crippen molar-refractivity contribution in [3.8, 4) is 22.5 Å². The zero-order valence-corrected chi connectivity index (χ0v) is 13.6. The Balaban J connectivity index is 2.07. The topological polar surface area (TPSA) is 51.6 Å². The number of nitrogens with zero attached hydrogens (tertiary/aromatic N) is 4. The van der Waals surface area contributed by atoms with Crippen molar-refractivity contribution in [1.29, 1.82) is 0 Å². The molecule has 4 aromatic rings. The van der Waals surface area contributed by atoms with Crippen LogP contribution in [0.3, 0.4) is 0 Å².